The Morgan fingerprint density at radius 2 is 1.67 bits per heavy atom. The number of hydrogen-bond donors (Lipinski definition) is 1. The van der Waals surface area contributed by atoms with Crippen LogP contribution in [0.15, 0.2) is 42.5 Å². The summed E-state index contributed by atoms with van der Waals surface area (Å²) < 4.78 is 0. The van der Waals surface area contributed by atoms with Gasteiger partial charge in [-0.2, -0.15) is 0 Å². The first-order valence-corrected chi connectivity index (χ1v) is 8.69. The van der Waals surface area contributed by atoms with Crippen LogP contribution >= 0.6 is 0 Å². The fourth-order valence-corrected chi connectivity index (χ4v) is 2.77. The maximum Gasteiger partial charge on any atom is 0.228 e. The quantitative estimate of drug-likeness (QED) is 0.822. The summed E-state index contributed by atoms with van der Waals surface area (Å²) >= 11 is 0. The third kappa shape index (κ3) is 5.20. The number of nitrogens with zero attached hydrogens (tertiary/aromatic N) is 1. The van der Waals surface area contributed by atoms with Crippen LogP contribution in [0.1, 0.15) is 36.1 Å². The summed E-state index contributed by atoms with van der Waals surface area (Å²) in [6, 6.07) is 14.4. The molecule has 0 heterocycles. The molecule has 0 fully saturated rings. The van der Waals surface area contributed by atoms with E-state index < -0.39 is 0 Å². The van der Waals surface area contributed by atoms with Crippen molar-refractivity contribution in [2.75, 3.05) is 18.4 Å². The highest BCUT2D eigenvalue weighted by Gasteiger charge is 2.07. The van der Waals surface area contributed by atoms with Gasteiger partial charge in [-0.05, 0) is 55.8 Å². The minimum atomic E-state index is 0.0280. The van der Waals surface area contributed by atoms with E-state index in [1.165, 1.54) is 11.1 Å². The van der Waals surface area contributed by atoms with Crippen LogP contribution in [0.25, 0.3) is 0 Å². The number of anilines is 1. The molecule has 0 atom stereocenters. The molecular weight excluding hydrogens is 296 g/mol. The van der Waals surface area contributed by atoms with E-state index in [0.29, 0.717) is 6.42 Å². The third-order valence-corrected chi connectivity index (χ3v) is 4.39. The largest absolute Gasteiger partial charge is 0.326 e. The lowest BCUT2D eigenvalue weighted by Gasteiger charge is -2.18. The molecule has 2 aromatic carbocycles. The van der Waals surface area contributed by atoms with Crippen LogP contribution in [0.3, 0.4) is 0 Å². The van der Waals surface area contributed by atoms with Gasteiger partial charge in [0.2, 0.25) is 5.91 Å². The summed E-state index contributed by atoms with van der Waals surface area (Å²) in [6.07, 6.45) is 0.411. The Balaban J connectivity index is 1.95. The van der Waals surface area contributed by atoms with E-state index in [0.717, 1.165) is 36.4 Å². The SMILES string of the molecule is CCN(CC)Cc1ccc(NC(=O)Cc2cc(C)ccc2C)cc1. The second-order valence-electron chi connectivity index (χ2n) is 6.31. The molecule has 0 saturated carbocycles. The van der Waals surface area contributed by atoms with Crippen molar-refractivity contribution in [3.05, 3.63) is 64.7 Å². The minimum Gasteiger partial charge on any atom is -0.326 e. The molecule has 128 valence electrons. The van der Waals surface area contributed by atoms with Crippen molar-refractivity contribution in [3.63, 3.8) is 0 Å². The Bertz CT molecular complexity index is 673. The molecule has 0 aliphatic heterocycles. The number of carbonyl (C=O) groups is 1. The first kappa shape index (κ1) is 18.2. The van der Waals surface area contributed by atoms with Gasteiger partial charge >= 0.3 is 0 Å². The molecule has 1 amide bonds. The van der Waals surface area contributed by atoms with E-state index in [1.54, 1.807) is 0 Å². The molecule has 1 N–H and O–H groups in total. The Kier molecular flexibility index (Phi) is 6.56. The van der Waals surface area contributed by atoms with Gasteiger partial charge in [-0.3, -0.25) is 9.69 Å². The van der Waals surface area contributed by atoms with Crippen LogP contribution in [0, 0.1) is 13.8 Å². The van der Waals surface area contributed by atoms with E-state index in [-0.39, 0.29) is 5.91 Å². The molecule has 0 aliphatic rings. The molecule has 0 aromatic heterocycles. The summed E-state index contributed by atoms with van der Waals surface area (Å²) in [4.78, 5) is 14.7. The van der Waals surface area contributed by atoms with E-state index in [9.17, 15) is 4.79 Å². The van der Waals surface area contributed by atoms with Gasteiger partial charge in [0, 0.05) is 12.2 Å². The van der Waals surface area contributed by atoms with Crippen molar-refractivity contribution in [2.45, 2.75) is 40.7 Å². The highest BCUT2D eigenvalue weighted by molar-refractivity contribution is 5.92. The number of hydrogen-bond acceptors (Lipinski definition) is 2. The van der Waals surface area contributed by atoms with E-state index in [1.807, 2.05) is 19.1 Å². The van der Waals surface area contributed by atoms with E-state index in [4.69, 9.17) is 0 Å². The Morgan fingerprint density at radius 3 is 2.29 bits per heavy atom. The standard InChI is InChI=1S/C21H28N2O/c1-5-23(6-2)15-18-9-11-20(12-10-18)22-21(24)14-19-13-16(3)7-8-17(19)4/h7-13H,5-6,14-15H2,1-4H3,(H,22,24). The van der Waals surface area contributed by atoms with Gasteiger partial charge in [0.25, 0.3) is 0 Å². The predicted octanol–water partition coefficient (Wildman–Crippen LogP) is 4.33. The minimum absolute atomic E-state index is 0.0280. The second kappa shape index (κ2) is 8.65. The van der Waals surface area contributed by atoms with Crippen LogP contribution in [-0.2, 0) is 17.8 Å². The Labute approximate surface area is 145 Å². The lowest BCUT2D eigenvalue weighted by atomic mass is 10.0. The van der Waals surface area contributed by atoms with Crippen molar-refractivity contribution >= 4 is 11.6 Å². The lowest BCUT2D eigenvalue weighted by Crippen LogP contribution is -2.22. The molecule has 0 spiro atoms. The van der Waals surface area contributed by atoms with Crippen molar-refractivity contribution in [2.24, 2.45) is 0 Å². The molecule has 0 unspecified atom stereocenters. The zero-order chi connectivity index (χ0) is 17.5. The number of aryl methyl sites for hydroxylation is 2. The van der Waals surface area contributed by atoms with Gasteiger partial charge in [0.15, 0.2) is 0 Å². The van der Waals surface area contributed by atoms with Gasteiger partial charge in [0.1, 0.15) is 0 Å². The van der Waals surface area contributed by atoms with Gasteiger partial charge in [-0.25, -0.2) is 0 Å². The van der Waals surface area contributed by atoms with Crippen LogP contribution < -0.4 is 5.32 Å². The van der Waals surface area contributed by atoms with Crippen molar-refractivity contribution < 1.29 is 4.79 Å². The molecule has 0 aliphatic carbocycles. The van der Waals surface area contributed by atoms with Crippen molar-refractivity contribution in [1.82, 2.24) is 4.90 Å². The number of benzene rings is 2. The smallest absolute Gasteiger partial charge is 0.228 e. The average Bonchev–Trinajstić information content (AvgIpc) is 2.57. The molecule has 0 bridgehead atoms. The summed E-state index contributed by atoms with van der Waals surface area (Å²) in [6.45, 7) is 11.5. The molecule has 0 saturated heterocycles. The molecule has 0 radical (unpaired) electrons. The van der Waals surface area contributed by atoms with Crippen molar-refractivity contribution in [3.8, 4) is 0 Å². The highest BCUT2D eigenvalue weighted by atomic mass is 16.1. The number of amides is 1. The molecule has 3 nitrogen and oxygen atoms in total. The molecule has 2 rings (SSSR count). The predicted molar refractivity (Wildman–Crippen MR) is 101 cm³/mol. The zero-order valence-corrected chi connectivity index (χ0v) is 15.2. The number of carbonyl (C=O) groups excluding carboxylic acids is 1. The maximum atomic E-state index is 12.3. The molecular formula is C21H28N2O. The van der Waals surface area contributed by atoms with E-state index >= 15 is 0 Å². The summed E-state index contributed by atoms with van der Waals surface area (Å²) in [5.74, 6) is 0.0280. The molecule has 3 heteroatoms. The Morgan fingerprint density at radius 1 is 1.00 bits per heavy atom. The van der Waals surface area contributed by atoms with Crippen LogP contribution in [0.5, 0.6) is 0 Å². The molecule has 2 aromatic rings. The average molecular weight is 324 g/mol. The van der Waals surface area contributed by atoms with Gasteiger partial charge < -0.3 is 5.32 Å². The third-order valence-electron chi connectivity index (χ3n) is 4.39. The number of nitrogens with one attached hydrogen (secondary N) is 1. The first-order valence-electron chi connectivity index (χ1n) is 8.69. The zero-order valence-electron chi connectivity index (χ0n) is 15.2. The van der Waals surface area contributed by atoms with Crippen LogP contribution in [-0.4, -0.2) is 23.9 Å². The van der Waals surface area contributed by atoms with E-state index in [2.05, 4.69) is 61.3 Å². The normalized spacial score (nSPS) is 10.9. The number of rotatable bonds is 7. The van der Waals surface area contributed by atoms with Gasteiger partial charge in [-0.15, -0.1) is 0 Å². The topological polar surface area (TPSA) is 32.3 Å². The van der Waals surface area contributed by atoms with Crippen molar-refractivity contribution in [1.29, 1.82) is 0 Å². The van der Waals surface area contributed by atoms with Crippen LogP contribution in [0.4, 0.5) is 5.69 Å². The lowest BCUT2D eigenvalue weighted by molar-refractivity contribution is -0.115. The summed E-state index contributed by atoms with van der Waals surface area (Å²) in [5.41, 5.74) is 5.56. The Hall–Kier alpha value is -2.13. The fourth-order valence-electron chi connectivity index (χ4n) is 2.77. The van der Waals surface area contributed by atoms with Gasteiger partial charge in [0.05, 0.1) is 6.42 Å². The monoisotopic (exact) mass is 324 g/mol. The molecule has 24 heavy (non-hydrogen) atoms. The first-order chi connectivity index (χ1) is 11.5. The maximum absolute atomic E-state index is 12.3. The second-order valence-corrected chi connectivity index (χ2v) is 6.31. The fraction of sp³-hybridized carbons (Fsp3) is 0.381. The van der Waals surface area contributed by atoms with Crippen LogP contribution in [0.2, 0.25) is 0 Å². The summed E-state index contributed by atoms with van der Waals surface area (Å²) in [5, 5.41) is 2.99. The summed E-state index contributed by atoms with van der Waals surface area (Å²) in [7, 11) is 0. The highest BCUT2D eigenvalue weighted by Crippen LogP contribution is 2.14. The van der Waals surface area contributed by atoms with Gasteiger partial charge in [-0.1, -0.05) is 49.7 Å².